The molecule has 0 saturated carbocycles. The fourth-order valence-corrected chi connectivity index (χ4v) is 0.366. The Kier molecular flexibility index (Phi) is 2.71. The lowest BCUT2D eigenvalue weighted by Crippen LogP contribution is -2.02. The second-order valence-electron chi connectivity index (χ2n) is 1.93. The molecule has 2 nitrogen and oxygen atoms in total. The number of rotatable bonds is 2. The van der Waals surface area contributed by atoms with Crippen molar-refractivity contribution >= 4 is 5.71 Å². The Morgan fingerprint density at radius 3 is 2.11 bits per heavy atom. The fraction of sp³-hybridized carbons (Fsp3) is 0.286. The maximum atomic E-state index is 7.22. The van der Waals surface area contributed by atoms with Gasteiger partial charge in [-0.3, -0.25) is 0 Å². The normalized spacial score (nSPS) is 12.2. The lowest BCUT2D eigenvalue weighted by Gasteiger charge is -1.98. The van der Waals surface area contributed by atoms with Crippen molar-refractivity contribution in [3.05, 3.63) is 23.9 Å². The van der Waals surface area contributed by atoms with Crippen LogP contribution < -0.4 is 5.73 Å². The summed E-state index contributed by atoms with van der Waals surface area (Å²) in [6.45, 7) is 7.03. The Morgan fingerprint density at radius 2 is 2.00 bits per heavy atom. The average Bonchev–Trinajstić information content (AvgIpc) is 1.84. The zero-order valence-corrected chi connectivity index (χ0v) is 5.86. The minimum Gasteiger partial charge on any atom is -0.402 e. The highest BCUT2D eigenvalue weighted by molar-refractivity contribution is 6.05. The van der Waals surface area contributed by atoms with Crippen molar-refractivity contribution < 1.29 is 0 Å². The van der Waals surface area contributed by atoms with Crippen molar-refractivity contribution in [3.8, 4) is 0 Å². The van der Waals surface area contributed by atoms with Crippen LogP contribution in [0.5, 0.6) is 0 Å². The van der Waals surface area contributed by atoms with E-state index in [-0.39, 0.29) is 0 Å². The lowest BCUT2D eigenvalue weighted by atomic mass is 10.1. The van der Waals surface area contributed by atoms with Gasteiger partial charge in [-0.15, -0.1) is 0 Å². The standard InChI is InChI=1S/C7H12N2/c1-4-7(9)5(2)6(3)8/h4,9H,1,8H2,2-3H3/b6-5-,9-7?. The van der Waals surface area contributed by atoms with E-state index >= 15 is 0 Å². The van der Waals surface area contributed by atoms with E-state index in [2.05, 4.69) is 6.58 Å². The van der Waals surface area contributed by atoms with Gasteiger partial charge in [0, 0.05) is 5.70 Å². The molecule has 3 N–H and O–H groups in total. The predicted octanol–water partition coefficient (Wildman–Crippen LogP) is 1.44. The maximum Gasteiger partial charge on any atom is 0.0580 e. The summed E-state index contributed by atoms with van der Waals surface area (Å²) in [5, 5.41) is 7.22. The molecule has 0 amide bonds. The summed E-state index contributed by atoms with van der Waals surface area (Å²) in [6.07, 6.45) is 1.48. The molecule has 50 valence electrons. The molecular formula is C7H12N2. The van der Waals surface area contributed by atoms with Crippen LogP contribution in [0.25, 0.3) is 0 Å². The van der Waals surface area contributed by atoms with Gasteiger partial charge in [0.2, 0.25) is 0 Å². The van der Waals surface area contributed by atoms with Gasteiger partial charge < -0.3 is 11.1 Å². The van der Waals surface area contributed by atoms with Crippen LogP contribution in [-0.4, -0.2) is 5.71 Å². The molecule has 0 spiro atoms. The van der Waals surface area contributed by atoms with Crippen LogP contribution in [0, 0.1) is 5.41 Å². The smallest absolute Gasteiger partial charge is 0.0580 e. The molecule has 2 heteroatoms. The van der Waals surface area contributed by atoms with Crippen molar-refractivity contribution in [2.45, 2.75) is 13.8 Å². The molecular weight excluding hydrogens is 112 g/mol. The zero-order valence-electron chi connectivity index (χ0n) is 5.86. The van der Waals surface area contributed by atoms with Gasteiger partial charge in [-0.05, 0) is 25.5 Å². The highest BCUT2D eigenvalue weighted by Gasteiger charge is 1.94. The van der Waals surface area contributed by atoms with E-state index in [1.54, 1.807) is 13.8 Å². The first-order chi connectivity index (χ1) is 4.09. The molecule has 0 aliphatic heterocycles. The van der Waals surface area contributed by atoms with Crippen LogP contribution in [0.3, 0.4) is 0 Å². The van der Waals surface area contributed by atoms with Crippen LogP contribution in [0.2, 0.25) is 0 Å². The van der Waals surface area contributed by atoms with E-state index in [1.165, 1.54) is 6.08 Å². The quantitative estimate of drug-likeness (QED) is 0.538. The summed E-state index contributed by atoms with van der Waals surface area (Å²) in [5.41, 5.74) is 7.28. The molecule has 0 bridgehead atoms. The van der Waals surface area contributed by atoms with Gasteiger partial charge in [-0.1, -0.05) is 6.58 Å². The summed E-state index contributed by atoms with van der Waals surface area (Å²) in [6, 6.07) is 0. The van der Waals surface area contributed by atoms with Crippen molar-refractivity contribution in [1.29, 1.82) is 5.41 Å². The van der Waals surface area contributed by atoms with Gasteiger partial charge in [0.05, 0.1) is 5.71 Å². The first kappa shape index (κ1) is 7.95. The third kappa shape index (κ3) is 2.13. The van der Waals surface area contributed by atoms with Crippen LogP contribution in [0.4, 0.5) is 0 Å². The Labute approximate surface area is 55.6 Å². The summed E-state index contributed by atoms with van der Waals surface area (Å²) in [4.78, 5) is 0. The summed E-state index contributed by atoms with van der Waals surface area (Å²) in [5.74, 6) is 0. The third-order valence-corrected chi connectivity index (χ3v) is 1.20. The van der Waals surface area contributed by atoms with Crippen LogP contribution in [-0.2, 0) is 0 Å². The number of nitrogens with one attached hydrogen (secondary N) is 1. The molecule has 0 aromatic heterocycles. The number of hydrogen-bond donors (Lipinski definition) is 2. The molecule has 0 aromatic rings. The Bertz CT molecular complexity index is 162. The summed E-state index contributed by atoms with van der Waals surface area (Å²) >= 11 is 0. The van der Waals surface area contributed by atoms with E-state index in [9.17, 15) is 0 Å². The molecule has 0 radical (unpaired) electrons. The van der Waals surface area contributed by atoms with Crippen molar-refractivity contribution in [2.24, 2.45) is 5.73 Å². The van der Waals surface area contributed by atoms with E-state index in [0.29, 0.717) is 11.4 Å². The number of allylic oxidation sites excluding steroid dienone is 3. The van der Waals surface area contributed by atoms with Crippen LogP contribution >= 0.6 is 0 Å². The molecule has 0 aliphatic carbocycles. The summed E-state index contributed by atoms with van der Waals surface area (Å²) < 4.78 is 0. The zero-order chi connectivity index (χ0) is 7.44. The highest BCUT2D eigenvalue weighted by atomic mass is 14.6. The van der Waals surface area contributed by atoms with Gasteiger partial charge in [0.25, 0.3) is 0 Å². The molecule has 0 rings (SSSR count). The average molecular weight is 124 g/mol. The van der Waals surface area contributed by atoms with E-state index in [1.807, 2.05) is 0 Å². The first-order valence-corrected chi connectivity index (χ1v) is 2.74. The van der Waals surface area contributed by atoms with E-state index in [4.69, 9.17) is 11.1 Å². The monoisotopic (exact) mass is 124 g/mol. The number of hydrogen-bond acceptors (Lipinski definition) is 2. The van der Waals surface area contributed by atoms with Gasteiger partial charge >= 0.3 is 0 Å². The molecule has 0 aliphatic rings. The Hall–Kier alpha value is -1.05. The minimum atomic E-state index is 0.398. The van der Waals surface area contributed by atoms with Crippen LogP contribution in [0.15, 0.2) is 23.9 Å². The first-order valence-electron chi connectivity index (χ1n) is 2.74. The predicted molar refractivity (Wildman–Crippen MR) is 40.5 cm³/mol. The van der Waals surface area contributed by atoms with Gasteiger partial charge in [0.15, 0.2) is 0 Å². The molecule has 0 fully saturated rings. The highest BCUT2D eigenvalue weighted by Crippen LogP contribution is 1.98. The summed E-state index contributed by atoms with van der Waals surface area (Å²) in [7, 11) is 0. The molecule has 0 saturated heterocycles. The molecule has 0 aromatic carbocycles. The Balaban J connectivity index is 4.39. The molecule has 0 atom stereocenters. The SMILES string of the molecule is C=CC(=N)/C(C)=C(/C)N. The number of nitrogens with two attached hydrogens (primary N) is 1. The van der Waals surface area contributed by atoms with Crippen LogP contribution in [0.1, 0.15) is 13.8 Å². The largest absolute Gasteiger partial charge is 0.402 e. The minimum absolute atomic E-state index is 0.398. The molecule has 0 unspecified atom stereocenters. The third-order valence-electron chi connectivity index (χ3n) is 1.20. The molecule has 9 heavy (non-hydrogen) atoms. The Morgan fingerprint density at radius 1 is 1.56 bits per heavy atom. The van der Waals surface area contributed by atoms with Gasteiger partial charge in [0.1, 0.15) is 0 Å². The van der Waals surface area contributed by atoms with Crippen molar-refractivity contribution in [1.82, 2.24) is 0 Å². The lowest BCUT2D eigenvalue weighted by molar-refractivity contribution is 1.25. The van der Waals surface area contributed by atoms with E-state index < -0.39 is 0 Å². The second kappa shape index (κ2) is 3.07. The molecule has 0 heterocycles. The van der Waals surface area contributed by atoms with Gasteiger partial charge in [-0.25, -0.2) is 0 Å². The van der Waals surface area contributed by atoms with Gasteiger partial charge in [-0.2, -0.15) is 0 Å². The van der Waals surface area contributed by atoms with E-state index in [0.717, 1.165) is 5.57 Å². The van der Waals surface area contributed by atoms with Crippen molar-refractivity contribution in [3.63, 3.8) is 0 Å². The fourth-order valence-electron chi connectivity index (χ4n) is 0.366. The topological polar surface area (TPSA) is 49.9 Å². The maximum absolute atomic E-state index is 7.22. The van der Waals surface area contributed by atoms with Crippen molar-refractivity contribution in [2.75, 3.05) is 0 Å². The second-order valence-corrected chi connectivity index (χ2v) is 1.93.